The second-order valence-electron chi connectivity index (χ2n) is 8.12. The molecule has 3 aromatic rings. The summed E-state index contributed by atoms with van der Waals surface area (Å²) in [6, 6.07) is 27.0. The maximum atomic E-state index is 13.2. The van der Waals surface area contributed by atoms with E-state index in [-0.39, 0.29) is 18.2 Å². The highest BCUT2D eigenvalue weighted by Crippen LogP contribution is 2.30. The lowest BCUT2D eigenvalue weighted by Crippen LogP contribution is -2.45. The summed E-state index contributed by atoms with van der Waals surface area (Å²) in [6.07, 6.45) is 1.81. The van der Waals surface area contributed by atoms with Crippen molar-refractivity contribution in [1.82, 2.24) is 4.90 Å². The highest BCUT2D eigenvalue weighted by atomic mass is 32.2. The lowest BCUT2D eigenvalue weighted by atomic mass is 10.1. The largest absolute Gasteiger partial charge is 0.494 e. The zero-order valence-electron chi connectivity index (χ0n) is 19.7. The van der Waals surface area contributed by atoms with E-state index in [9.17, 15) is 9.59 Å². The second-order valence-corrected chi connectivity index (χ2v) is 9.29. The van der Waals surface area contributed by atoms with Crippen LogP contribution in [-0.4, -0.2) is 40.3 Å². The van der Waals surface area contributed by atoms with E-state index in [1.807, 2.05) is 67.6 Å². The lowest BCUT2D eigenvalue weighted by molar-refractivity contribution is -0.129. The van der Waals surface area contributed by atoms with E-state index in [0.29, 0.717) is 24.0 Å². The number of anilines is 1. The number of para-hydroxylation sites is 1. The summed E-state index contributed by atoms with van der Waals surface area (Å²) < 4.78 is 5.46. The van der Waals surface area contributed by atoms with E-state index in [1.54, 1.807) is 17.0 Å². The molecule has 1 saturated heterocycles. The van der Waals surface area contributed by atoms with Crippen LogP contribution in [0.5, 0.6) is 5.75 Å². The summed E-state index contributed by atoms with van der Waals surface area (Å²) in [5.74, 6) is 0.451. The molecule has 0 saturated carbocycles. The number of aliphatic imine (C=N–C) groups is 1. The standard InChI is InChI=1S/C28H29N3O3S/c1-2-34-24-17-15-23(16-18-24)29-27(33)25-20-26(32)31(19-9-12-21-10-5-3-6-11-21)28(35-25)30-22-13-7-4-8-14-22/h3-8,10-11,13-18,25H,2,9,12,19-20H2,1H3,(H,29,33). The third-order valence-corrected chi connectivity index (χ3v) is 6.72. The summed E-state index contributed by atoms with van der Waals surface area (Å²) >= 11 is 1.34. The molecule has 35 heavy (non-hydrogen) atoms. The number of hydrogen-bond donors (Lipinski definition) is 1. The van der Waals surface area contributed by atoms with Crippen LogP contribution in [0, 0.1) is 0 Å². The molecule has 7 heteroatoms. The van der Waals surface area contributed by atoms with Crippen molar-refractivity contribution in [2.24, 2.45) is 4.99 Å². The van der Waals surface area contributed by atoms with E-state index >= 15 is 0 Å². The molecule has 0 spiro atoms. The van der Waals surface area contributed by atoms with Gasteiger partial charge in [-0.05, 0) is 61.7 Å². The van der Waals surface area contributed by atoms with Crippen LogP contribution in [0.15, 0.2) is 89.9 Å². The molecule has 1 N–H and O–H groups in total. The fraction of sp³-hybridized carbons (Fsp3) is 0.250. The van der Waals surface area contributed by atoms with Crippen LogP contribution in [0.2, 0.25) is 0 Å². The number of amidine groups is 1. The first kappa shape index (κ1) is 24.5. The van der Waals surface area contributed by atoms with Crippen molar-refractivity contribution < 1.29 is 14.3 Å². The SMILES string of the molecule is CCOc1ccc(NC(=O)C2CC(=O)N(CCCc3ccccc3)C(=Nc3ccccc3)S2)cc1. The summed E-state index contributed by atoms with van der Waals surface area (Å²) in [6.45, 7) is 3.06. The first-order chi connectivity index (χ1) is 17.1. The van der Waals surface area contributed by atoms with Crippen molar-refractivity contribution in [3.05, 3.63) is 90.5 Å². The molecule has 1 aliphatic heterocycles. The Labute approximate surface area is 210 Å². The Morgan fingerprint density at radius 3 is 2.40 bits per heavy atom. The molecular weight excluding hydrogens is 458 g/mol. The first-order valence-electron chi connectivity index (χ1n) is 11.8. The normalized spacial score (nSPS) is 16.8. The van der Waals surface area contributed by atoms with E-state index in [4.69, 9.17) is 9.73 Å². The van der Waals surface area contributed by atoms with Gasteiger partial charge in [0.1, 0.15) is 11.0 Å². The predicted octanol–water partition coefficient (Wildman–Crippen LogP) is 5.68. The number of aryl methyl sites for hydroxylation is 1. The Balaban J connectivity index is 1.46. The van der Waals surface area contributed by atoms with Crippen LogP contribution in [0.3, 0.4) is 0 Å². The molecule has 1 atom stereocenters. The maximum absolute atomic E-state index is 13.2. The smallest absolute Gasteiger partial charge is 0.238 e. The number of nitrogens with zero attached hydrogens (tertiary/aromatic N) is 2. The molecule has 1 heterocycles. The van der Waals surface area contributed by atoms with Gasteiger partial charge in [0.05, 0.1) is 12.3 Å². The minimum Gasteiger partial charge on any atom is -0.494 e. The molecule has 0 aromatic heterocycles. The number of benzene rings is 3. The van der Waals surface area contributed by atoms with Crippen molar-refractivity contribution in [2.75, 3.05) is 18.5 Å². The minimum absolute atomic E-state index is 0.0849. The van der Waals surface area contributed by atoms with Crippen molar-refractivity contribution in [3.8, 4) is 5.75 Å². The molecular formula is C28H29N3O3S. The summed E-state index contributed by atoms with van der Waals surface area (Å²) in [5.41, 5.74) is 2.65. The molecule has 1 aliphatic rings. The molecule has 0 aliphatic carbocycles. The van der Waals surface area contributed by atoms with Crippen LogP contribution < -0.4 is 10.1 Å². The van der Waals surface area contributed by atoms with Crippen LogP contribution in [0.4, 0.5) is 11.4 Å². The highest BCUT2D eigenvalue weighted by molar-refractivity contribution is 8.15. The summed E-state index contributed by atoms with van der Waals surface area (Å²) in [7, 11) is 0. The van der Waals surface area contributed by atoms with Gasteiger partial charge in [-0.15, -0.1) is 0 Å². The van der Waals surface area contributed by atoms with E-state index in [0.717, 1.165) is 24.3 Å². The topological polar surface area (TPSA) is 71.0 Å². The summed E-state index contributed by atoms with van der Waals surface area (Å²) in [5, 5.41) is 2.93. The number of carbonyl (C=O) groups excluding carboxylic acids is 2. The Morgan fingerprint density at radius 1 is 1.03 bits per heavy atom. The number of thioether (sulfide) groups is 1. The average Bonchev–Trinajstić information content (AvgIpc) is 2.88. The highest BCUT2D eigenvalue weighted by Gasteiger charge is 2.35. The molecule has 6 nitrogen and oxygen atoms in total. The fourth-order valence-corrected chi connectivity index (χ4v) is 4.91. The molecule has 4 rings (SSSR count). The molecule has 0 radical (unpaired) electrons. The van der Waals surface area contributed by atoms with Gasteiger partial charge in [-0.1, -0.05) is 60.3 Å². The number of nitrogens with one attached hydrogen (secondary N) is 1. The van der Waals surface area contributed by atoms with Crippen LogP contribution in [0.1, 0.15) is 25.3 Å². The van der Waals surface area contributed by atoms with Gasteiger partial charge < -0.3 is 10.1 Å². The fourth-order valence-electron chi connectivity index (χ4n) is 3.78. The number of rotatable bonds is 9. The lowest BCUT2D eigenvalue weighted by Gasteiger charge is -2.32. The van der Waals surface area contributed by atoms with Gasteiger partial charge in [0.15, 0.2) is 5.17 Å². The average molecular weight is 488 g/mol. The zero-order valence-corrected chi connectivity index (χ0v) is 20.5. The van der Waals surface area contributed by atoms with Gasteiger partial charge in [-0.2, -0.15) is 0 Å². The molecule has 0 bridgehead atoms. The van der Waals surface area contributed by atoms with E-state index in [2.05, 4.69) is 17.4 Å². The van der Waals surface area contributed by atoms with Crippen LogP contribution in [-0.2, 0) is 16.0 Å². The second kappa shape index (κ2) is 12.2. The van der Waals surface area contributed by atoms with E-state index < -0.39 is 5.25 Å². The van der Waals surface area contributed by atoms with Crippen molar-refractivity contribution >= 4 is 40.1 Å². The predicted molar refractivity (Wildman–Crippen MR) is 142 cm³/mol. The first-order valence-corrected chi connectivity index (χ1v) is 12.7. The number of hydrogen-bond acceptors (Lipinski definition) is 5. The molecule has 2 amide bonds. The third kappa shape index (κ3) is 6.96. The number of amides is 2. The Morgan fingerprint density at radius 2 is 1.71 bits per heavy atom. The van der Waals surface area contributed by atoms with Gasteiger partial charge in [0.25, 0.3) is 0 Å². The molecule has 180 valence electrons. The Hall–Kier alpha value is -3.58. The van der Waals surface area contributed by atoms with Crippen molar-refractivity contribution in [2.45, 2.75) is 31.4 Å². The molecule has 3 aromatic carbocycles. The maximum Gasteiger partial charge on any atom is 0.238 e. The van der Waals surface area contributed by atoms with Crippen LogP contribution >= 0.6 is 11.8 Å². The van der Waals surface area contributed by atoms with Gasteiger partial charge >= 0.3 is 0 Å². The third-order valence-electron chi connectivity index (χ3n) is 5.54. The Bertz CT molecular complexity index is 1150. The molecule has 1 unspecified atom stereocenters. The Kier molecular flexibility index (Phi) is 8.57. The van der Waals surface area contributed by atoms with E-state index in [1.165, 1.54) is 17.3 Å². The van der Waals surface area contributed by atoms with Crippen molar-refractivity contribution in [1.29, 1.82) is 0 Å². The van der Waals surface area contributed by atoms with Gasteiger partial charge in [0.2, 0.25) is 11.8 Å². The minimum atomic E-state index is -0.554. The van der Waals surface area contributed by atoms with Gasteiger partial charge in [-0.25, -0.2) is 4.99 Å². The van der Waals surface area contributed by atoms with Crippen LogP contribution in [0.25, 0.3) is 0 Å². The zero-order chi connectivity index (χ0) is 24.5. The van der Waals surface area contributed by atoms with Crippen molar-refractivity contribution in [3.63, 3.8) is 0 Å². The number of carbonyl (C=O) groups is 2. The quantitative estimate of drug-likeness (QED) is 0.422. The molecule has 1 fully saturated rings. The monoisotopic (exact) mass is 487 g/mol. The number of ether oxygens (including phenoxy) is 1. The summed E-state index contributed by atoms with van der Waals surface area (Å²) in [4.78, 5) is 32.7. The van der Waals surface area contributed by atoms with Gasteiger partial charge in [-0.3, -0.25) is 14.5 Å². The van der Waals surface area contributed by atoms with Gasteiger partial charge in [0, 0.05) is 18.7 Å².